The summed E-state index contributed by atoms with van der Waals surface area (Å²) in [5.74, 6) is 0.827. The van der Waals surface area contributed by atoms with Crippen LogP contribution in [0.15, 0.2) is 24.3 Å². The van der Waals surface area contributed by atoms with E-state index < -0.39 is 0 Å². The van der Waals surface area contributed by atoms with E-state index in [1.54, 1.807) is 0 Å². The third-order valence-electron chi connectivity index (χ3n) is 2.77. The molecule has 0 fully saturated rings. The molecule has 2 rings (SSSR count). The average Bonchev–Trinajstić information content (AvgIpc) is 2.20. The lowest BCUT2D eigenvalue weighted by Gasteiger charge is -2.06. The molecule has 2 nitrogen and oxygen atoms in total. The highest BCUT2D eigenvalue weighted by atomic mass is 14.9. The van der Waals surface area contributed by atoms with Crippen LogP contribution in [0.3, 0.4) is 0 Å². The topological polar surface area (TPSA) is 25.8 Å². The molecule has 16 heavy (non-hydrogen) atoms. The maximum absolute atomic E-state index is 4.46. The summed E-state index contributed by atoms with van der Waals surface area (Å²) in [6.45, 7) is 8.17. The predicted octanol–water partition coefficient (Wildman–Crippen LogP) is 3.38. The SMILES string of the molecule is Cc1cc(-c2ccc(C)c(C)c2)nc(C)n1. The molecule has 0 unspecified atom stereocenters. The largest absolute Gasteiger partial charge is 0.239 e. The maximum atomic E-state index is 4.46. The van der Waals surface area contributed by atoms with Crippen molar-refractivity contribution in [2.75, 3.05) is 0 Å². The summed E-state index contributed by atoms with van der Waals surface area (Å²) >= 11 is 0. The van der Waals surface area contributed by atoms with E-state index in [9.17, 15) is 0 Å². The quantitative estimate of drug-likeness (QED) is 0.724. The van der Waals surface area contributed by atoms with E-state index in [-0.39, 0.29) is 0 Å². The minimum Gasteiger partial charge on any atom is -0.239 e. The van der Waals surface area contributed by atoms with Gasteiger partial charge in [0.1, 0.15) is 5.82 Å². The van der Waals surface area contributed by atoms with Crippen LogP contribution in [-0.4, -0.2) is 9.97 Å². The van der Waals surface area contributed by atoms with Crippen molar-refractivity contribution in [3.63, 3.8) is 0 Å². The predicted molar refractivity (Wildman–Crippen MR) is 66.4 cm³/mol. The van der Waals surface area contributed by atoms with Crippen molar-refractivity contribution in [1.82, 2.24) is 9.97 Å². The van der Waals surface area contributed by atoms with Gasteiger partial charge in [-0.05, 0) is 51.0 Å². The molecule has 2 aromatic rings. The molecule has 1 aromatic carbocycles. The number of hydrogen-bond acceptors (Lipinski definition) is 2. The fourth-order valence-corrected chi connectivity index (χ4v) is 1.77. The molecule has 1 aromatic heterocycles. The van der Waals surface area contributed by atoms with Crippen molar-refractivity contribution in [1.29, 1.82) is 0 Å². The molecule has 0 saturated carbocycles. The van der Waals surface area contributed by atoms with Crippen molar-refractivity contribution < 1.29 is 0 Å². The van der Waals surface area contributed by atoms with Crippen LogP contribution in [0.2, 0.25) is 0 Å². The number of nitrogens with zero attached hydrogens (tertiary/aromatic N) is 2. The lowest BCUT2D eigenvalue weighted by Crippen LogP contribution is -1.94. The van der Waals surface area contributed by atoms with Gasteiger partial charge in [-0.1, -0.05) is 12.1 Å². The molecule has 82 valence electrons. The monoisotopic (exact) mass is 212 g/mol. The first-order chi connectivity index (χ1) is 7.56. The van der Waals surface area contributed by atoms with Gasteiger partial charge in [-0.3, -0.25) is 0 Å². The molecule has 0 N–H and O–H groups in total. The van der Waals surface area contributed by atoms with Gasteiger partial charge in [-0.15, -0.1) is 0 Å². The van der Waals surface area contributed by atoms with Crippen LogP contribution >= 0.6 is 0 Å². The molecule has 1 heterocycles. The van der Waals surface area contributed by atoms with Crippen LogP contribution < -0.4 is 0 Å². The number of benzene rings is 1. The Labute approximate surface area is 96.4 Å². The Morgan fingerprint density at radius 1 is 0.812 bits per heavy atom. The Balaban J connectivity index is 2.54. The van der Waals surface area contributed by atoms with E-state index >= 15 is 0 Å². The van der Waals surface area contributed by atoms with Crippen LogP contribution in [0.25, 0.3) is 11.3 Å². The first-order valence-corrected chi connectivity index (χ1v) is 5.46. The summed E-state index contributed by atoms with van der Waals surface area (Å²) in [5, 5.41) is 0. The van der Waals surface area contributed by atoms with Gasteiger partial charge in [-0.2, -0.15) is 0 Å². The van der Waals surface area contributed by atoms with E-state index in [0.29, 0.717) is 0 Å². The number of rotatable bonds is 1. The van der Waals surface area contributed by atoms with Crippen LogP contribution in [-0.2, 0) is 0 Å². The lowest BCUT2D eigenvalue weighted by molar-refractivity contribution is 1.02. The van der Waals surface area contributed by atoms with Gasteiger partial charge >= 0.3 is 0 Å². The average molecular weight is 212 g/mol. The van der Waals surface area contributed by atoms with Crippen LogP contribution in [0.5, 0.6) is 0 Å². The molecule has 0 spiro atoms. The molecular weight excluding hydrogens is 196 g/mol. The second kappa shape index (κ2) is 4.05. The van der Waals surface area contributed by atoms with Gasteiger partial charge in [-0.25, -0.2) is 9.97 Å². The second-order valence-electron chi connectivity index (χ2n) is 4.24. The van der Waals surface area contributed by atoms with E-state index in [4.69, 9.17) is 0 Å². The lowest BCUT2D eigenvalue weighted by atomic mass is 10.0. The van der Waals surface area contributed by atoms with Crippen molar-refractivity contribution in [3.05, 3.63) is 46.9 Å². The fourth-order valence-electron chi connectivity index (χ4n) is 1.77. The zero-order valence-electron chi connectivity index (χ0n) is 10.2. The maximum Gasteiger partial charge on any atom is 0.126 e. The van der Waals surface area contributed by atoms with E-state index in [2.05, 4.69) is 42.0 Å². The highest BCUT2D eigenvalue weighted by Crippen LogP contribution is 2.20. The summed E-state index contributed by atoms with van der Waals surface area (Å²) in [7, 11) is 0. The van der Waals surface area contributed by atoms with Gasteiger partial charge in [0.2, 0.25) is 0 Å². The Hall–Kier alpha value is -1.70. The Morgan fingerprint density at radius 3 is 2.19 bits per heavy atom. The van der Waals surface area contributed by atoms with E-state index in [1.165, 1.54) is 11.1 Å². The smallest absolute Gasteiger partial charge is 0.126 e. The van der Waals surface area contributed by atoms with Crippen molar-refractivity contribution >= 4 is 0 Å². The number of aryl methyl sites for hydroxylation is 4. The molecule has 0 bridgehead atoms. The second-order valence-corrected chi connectivity index (χ2v) is 4.24. The summed E-state index contributed by atoms with van der Waals surface area (Å²) < 4.78 is 0. The normalized spacial score (nSPS) is 10.5. The Kier molecular flexibility index (Phi) is 2.73. The minimum atomic E-state index is 0.827. The van der Waals surface area contributed by atoms with E-state index in [1.807, 2.05) is 19.9 Å². The highest BCUT2D eigenvalue weighted by Gasteiger charge is 2.03. The summed E-state index contributed by atoms with van der Waals surface area (Å²) in [6.07, 6.45) is 0. The third kappa shape index (κ3) is 2.11. The third-order valence-corrected chi connectivity index (χ3v) is 2.77. The standard InChI is InChI=1S/C14H16N2/c1-9-5-6-13(7-10(9)2)14-8-11(3)15-12(4)16-14/h5-8H,1-4H3. The van der Waals surface area contributed by atoms with Crippen molar-refractivity contribution in [2.45, 2.75) is 27.7 Å². The van der Waals surface area contributed by atoms with E-state index in [0.717, 1.165) is 22.8 Å². The number of aromatic nitrogens is 2. The van der Waals surface area contributed by atoms with Gasteiger partial charge in [0, 0.05) is 11.3 Å². The van der Waals surface area contributed by atoms with Crippen molar-refractivity contribution in [3.8, 4) is 11.3 Å². The Morgan fingerprint density at radius 2 is 1.56 bits per heavy atom. The highest BCUT2D eigenvalue weighted by molar-refractivity contribution is 5.61. The summed E-state index contributed by atoms with van der Waals surface area (Å²) in [4.78, 5) is 8.75. The summed E-state index contributed by atoms with van der Waals surface area (Å²) in [6, 6.07) is 8.45. The fraction of sp³-hybridized carbons (Fsp3) is 0.286. The molecule has 0 aliphatic rings. The molecule has 2 heteroatoms. The zero-order chi connectivity index (χ0) is 11.7. The van der Waals surface area contributed by atoms with Gasteiger partial charge in [0.05, 0.1) is 5.69 Å². The van der Waals surface area contributed by atoms with Crippen molar-refractivity contribution in [2.24, 2.45) is 0 Å². The Bertz CT molecular complexity index is 510. The number of hydrogen-bond donors (Lipinski definition) is 0. The zero-order valence-corrected chi connectivity index (χ0v) is 10.2. The molecule has 0 aliphatic carbocycles. The van der Waals surface area contributed by atoms with Crippen LogP contribution in [0, 0.1) is 27.7 Å². The van der Waals surface area contributed by atoms with Gasteiger partial charge in [0.25, 0.3) is 0 Å². The van der Waals surface area contributed by atoms with Crippen LogP contribution in [0.4, 0.5) is 0 Å². The molecular formula is C14H16N2. The minimum absolute atomic E-state index is 0.827. The summed E-state index contributed by atoms with van der Waals surface area (Å²) in [5.41, 5.74) is 5.79. The molecule has 0 atom stereocenters. The first kappa shape index (κ1) is 10.8. The molecule has 0 aliphatic heterocycles. The first-order valence-electron chi connectivity index (χ1n) is 5.46. The van der Waals surface area contributed by atoms with Crippen LogP contribution in [0.1, 0.15) is 22.6 Å². The van der Waals surface area contributed by atoms with Gasteiger partial charge < -0.3 is 0 Å². The van der Waals surface area contributed by atoms with Gasteiger partial charge in [0.15, 0.2) is 0 Å². The molecule has 0 saturated heterocycles. The molecule has 0 radical (unpaired) electrons. The molecule has 0 amide bonds.